The molecule has 0 amide bonds. The number of hydrogen-bond acceptors (Lipinski definition) is 4. The zero-order chi connectivity index (χ0) is 15.0. The highest BCUT2D eigenvalue weighted by Gasteiger charge is 2.16. The van der Waals surface area contributed by atoms with Crippen LogP contribution >= 0.6 is 0 Å². The fourth-order valence-corrected chi connectivity index (χ4v) is 2.16. The van der Waals surface area contributed by atoms with Crippen molar-refractivity contribution in [2.24, 2.45) is 0 Å². The maximum Gasteiger partial charge on any atom is 0.387 e. The minimum atomic E-state index is -2.92. The second-order valence-electron chi connectivity index (χ2n) is 4.51. The molecule has 0 radical (unpaired) electrons. The van der Waals surface area contributed by atoms with Gasteiger partial charge < -0.3 is 10.5 Å². The van der Waals surface area contributed by atoms with Crippen molar-refractivity contribution >= 4 is 17.1 Å². The van der Waals surface area contributed by atoms with Crippen LogP contribution in [-0.2, 0) is 0 Å². The van der Waals surface area contributed by atoms with Crippen molar-refractivity contribution in [1.82, 2.24) is 14.5 Å². The summed E-state index contributed by atoms with van der Waals surface area (Å²) in [5.41, 5.74) is 8.29. The predicted octanol–water partition coefficient (Wildman–Crippen LogP) is 2.91. The fraction of sp³-hybridized carbons (Fsp3) is 0.143. The van der Waals surface area contributed by atoms with E-state index >= 15 is 0 Å². The van der Waals surface area contributed by atoms with E-state index in [1.165, 1.54) is 10.6 Å². The van der Waals surface area contributed by atoms with Gasteiger partial charge in [-0.25, -0.2) is 9.97 Å². The van der Waals surface area contributed by atoms with Gasteiger partial charge in [0.15, 0.2) is 5.65 Å². The van der Waals surface area contributed by atoms with E-state index < -0.39 is 6.61 Å². The highest BCUT2D eigenvalue weighted by atomic mass is 19.3. The third-order valence-electron chi connectivity index (χ3n) is 2.98. The molecule has 0 fully saturated rings. The van der Waals surface area contributed by atoms with Crippen LogP contribution in [-0.4, -0.2) is 21.1 Å². The normalized spacial score (nSPS) is 11.2. The lowest BCUT2D eigenvalue weighted by molar-refractivity contribution is -0.0498. The first-order valence-corrected chi connectivity index (χ1v) is 6.21. The fourth-order valence-electron chi connectivity index (χ4n) is 2.16. The first kappa shape index (κ1) is 13.3. The second kappa shape index (κ2) is 5.01. The number of hydrogen-bond donors (Lipinski definition) is 1. The molecule has 21 heavy (non-hydrogen) atoms. The van der Waals surface area contributed by atoms with Gasteiger partial charge in [0.1, 0.15) is 11.3 Å². The molecular formula is C14H12F2N4O. The minimum absolute atomic E-state index is 0.0147. The summed E-state index contributed by atoms with van der Waals surface area (Å²) in [6.07, 6.45) is 1.66. The summed E-state index contributed by atoms with van der Waals surface area (Å²) in [5.74, 6) is 0.175. The van der Waals surface area contributed by atoms with Crippen LogP contribution in [0.15, 0.2) is 36.5 Å². The maximum atomic E-state index is 12.5. The number of ether oxygens (including phenoxy) is 1. The van der Waals surface area contributed by atoms with Crippen molar-refractivity contribution in [2.75, 3.05) is 5.73 Å². The van der Waals surface area contributed by atoms with E-state index in [0.717, 1.165) is 5.56 Å². The van der Waals surface area contributed by atoms with Crippen LogP contribution in [0.4, 0.5) is 14.7 Å². The summed E-state index contributed by atoms with van der Waals surface area (Å²) in [5, 5.41) is 0. The minimum Gasteiger partial charge on any atom is -0.433 e. The van der Waals surface area contributed by atoms with Crippen molar-refractivity contribution in [3.8, 4) is 11.4 Å². The SMILES string of the molecule is Cc1cnc2c(c1)nc(N)n2-c1ccccc1OC(F)F. The molecule has 2 N–H and O–H groups in total. The quantitative estimate of drug-likeness (QED) is 0.805. The third-order valence-corrected chi connectivity index (χ3v) is 2.98. The van der Waals surface area contributed by atoms with Crippen molar-refractivity contribution < 1.29 is 13.5 Å². The summed E-state index contributed by atoms with van der Waals surface area (Å²) < 4.78 is 31.1. The number of nitrogens with zero attached hydrogens (tertiary/aromatic N) is 3. The lowest BCUT2D eigenvalue weighted by Gasteiger charge is -2.12. The Bertz CT molecular complexity index is 801. The van der Waals surface area contributed by atoms with E-state index in [2.05, 4.69) is 14.7 Å². The standard InChI is InChI=1S/C14H12F2N4O/c1-8-6-9-12(18-7-8)20(14(17)19-9)10-4-2-3-5-11(10)21-13(15)16/h2-7,13H,1H3,(H2,17,19). The van der Waals surface area contributed by atoms with Gasteiger partial charge in [-0.15, -0.1) is 0 Å². The van der Waals surface area contributed by atoms with E-state index in [1.54, 1.807) is 24.4 Å². The number of pyridine rings is 1. The first-order chi connectivity index (χ1) is 10.1. The largest absolute Gasteiger partial charge is 0.433 e. The number of para-hydroxylation sites is 2. The Morgan fingerprint density at radius 1 is 1.29 bits per heavy atom. The average Bonchev–Trinajstić information content (AvgIpc) is 2.74. The number of halogens is 2. The molecule has 0 saturated heterocycles. The van der Waals surface area contributed by atoms with E-state index in [-0.39, 0.29) is 11.7 Å². The molecule has 5 nitrogen and oxygen atoms in total. The lowest BCUT2D eigenvalue weighted by atomic mass is 10.2. The van der Waals surface area contributed by atoms with Gasteiger partial charge in [0.2, 0.25) is 5.95 Å². The molecule has 7 heteroatoms. The molecular weight excluding hydrogens is 278 g/mol. The Balaban J connectivity index is 2.23. The van der Waals surface area contributed by atoms with Crippen molar-refractivity contribution in [2.45, 2.75) is 13.5 Å². The molecule has 1 aromatic carbocycles. The third kappa shape index (κ3) is 2.37. The van der Waals surface area contributed by atoms with Gasteiger partial charge in [0, 0.05) is 6.20 Å². The monoisotopic (exact) mass is 290 g/mol. The summed E-state index contributed by atoms with van der Waals surface area (Å²) in [6.45, 7) is -1.03. The number of aryl methyl sites for hydroxylation is 1. The summed E-state index contributed by atoms with van der Waals surface area (Å²) >= 11 is 0. The number of imidazole rings is 1. The zero-order valence-corrected chi connectivity index (χ0v) is 11.1. The molecule has 0 aliphatic carbocycles. The van der Waals surface area contributed by atoms with Gasteiger partial charge in [0.25, 0.3) is 0 Å². The highest BCUT2D eigenvalue weighted by Crippen LogP contribution is 2.29. The molecule has 3 aromatic rings. The van der Waals surface area contributed by atoms with Crippen LogP contribution in [0.1, 0.15) is 5.56 Å². The molecule has 0 atom stereocenters. The number of rotatable bonds is 3. The summed E-state index contributed by atoms with van der Waals surface area (Å²) in [6, 6.07) is 8.20. The molecule has 2 aromatic heterocycles. The predicted molar refractivity (Wildman–Crippen MR) is 74.6 cm³/mol. The molecule has 0 spiro atoms. The number of nitrogen functional groups attached to an aromatic ring is 1. The Morgan fingerprint density at radius 2 is 2.05 bits per heavy atom. The Kier molecular flexibility index (Phi) is 3.17. The van der Waals surface area contributed by atoms with Gasteiger partial charge >= 0.3 is 6.61 Å². The van der Waals surface area contributed by atoms with Crippen LogP contribution in [0.3, 0.4) is 0 Å². The van der Waals surface area contributed by atoms with E-state index in [4.69, 9.17) is 5.73 Å². The maximum absolute atomic E-state index is 12.5. The van der Waals surface area contributed by atoms with Gasteiger partial charge in [-0.05, 0) is 30.7 Å². The summed E-state index contributed by atoms with van der Waals surface area (Å²) in [7, 11) is 0. The molecule has 0 aliphatic rings. The van der Waals surface area contributed by atoms with Crippen molar-refractivity contribution in [3.05, 3.63) is 42.1 Å². The number of benzene rings is 1. The van der Waals surface area contributed by atoms with E-state index in [9.17, 15) is 8.78 Å². The lowest BCUT2D eigenvalue weighted by Crippen LogP contribution is -2.08. The molecule has 108 valence electrons. The molecule has 0 unspecified atom stereocenters. The topological polar surface area (TPSA) is 66.0 Å². The first-order valence-electron chi connectivity index (χ1n) is 6.21. The Morgan fingerprint density at radius 3 is 2.81 bits per heavy atom. The molecule has 2 heterocycles. The number of fused-ring (bicyclic) bond motifs is 1. The summed E-state index contributed by atoms with van der Waals surface area (Å²) in [4.78, 5) is 8.48. The van der Waals surface area contributed by atoms with Gasteiger partial charge in [0.05, 0.1) is 5.69 Å². The van der Waals surface area contributed by atoms with Gasteiger partial charge in [-0.1, -0.05) is 12.1 Å². The molecule has 0 bridgehead atoms. The number of anilines is 1. The smallest absolute Gasteiger partial charge is 0.387 e. The van der Waals surface area contributed by atoms with Crippen LogP contribution in [0, 0.1) is 6.92 Å². The van der Waals surface area contributed by atoms with Gasteiger partial charge in [-0.3, -0.25) is 4.57 Å². The number of nitrogens with two attached hydrogens (primary N) is 1. The number of alkyl halides is 2. The van der Waals surface area contributed by atoms with E-state index in [0.29, 0.717) is 16.9 Å². The highest BCUT2D eigenvalue weighted by molar-refractivity contribution is 5.78. The second-order valence-corrected chi connectivity index (χ2v) is 4.51. The number of aromatic nitrogens is 3. The van der Waals surface area contributed by atoms with Gasteiger partial charge in [-0.2, -0.15) is 8.78 Å². The van der Waals surface area contributed by atoms with Crippen molar-refractivity contribution in [3.63, 3.8) is 0 Å². The zero-order valence-electron chi connectivity index (χ0n) is 11.1. The van der Waals surface area contributed by atoms with Crippen molar-refractivity contribution in [1.29, 1.82) is 0 Å². The van der Waals surface area contributed by atoms with Crippen LogP contribution in [0.25, 0.3) is 16.9 Å². The Hall–Kier alpha value is -2.70. The van der Waals surface area contributed by atoms with Crippen LogP contribution < -0.4 is 10.5 Å². The van der Waals surface area contributed by atoms with Crippen LogP contribution in [0.2, 0.25) is 0 Å². The molecule has 0 aliphatic heterocycles. The molecule has 3 rings (SSSR count). The Labute approximate surface area is 119 Å². The average molecular weight is 290 g/mol. The van der Waals surface area contributed by atoms with E-state index in [1.807, 2.05) is 13.0 Å². The van der Waals surface area contributed by atoms with Crippen LogP contribution in [0.5, 0.6) is 5.75 Å². The molecule has 0 saturated carbocycles.